The number of benzene rings is 2. The number of nitrogens with one attached hydrogen (secondary N) is 2. The molecule has 49 heavy (non-hydrogen) atoms. The number of anilines is 2. The van der Waals surface area contributed by atoms with Crippen LogP contribution in [0.4, 0.5) is 16.2 Å². The standard InChI is InChI=1S/C37H44ClN7O4/c1-37(2,3)23-43-33-25(19-39)20-42-34-30(33)17-27(18-31(34)38)45(36(48)49-16-8-15-46)35(32(40)21-41-26-10-7-11-26)29-12-6-9-24(22-47)28(29)13-14-44(4)5/h6-7,9-10,12-14,17-18,20-22,26,35,41,46H,8,11,15-16,23,40H2,1-5H3,(H,42,43)/b14-13-,32-21-. The van der Waals surface area contributed by atoms with Crippen LogP contribution in [0.25, 0.3) is 17.0 Å². The number of aliphatic hydroxyl groups excluding tert-OH is 1. The molecule has 5 N–H and O–H groups in total. The Labute approximate surface area is 292 Å². The summed E-state index contributed by atoms with van der Waals surface area (Å²) in [5.41, 5.74) is 10.1. The summed E-state index contributed by atoms with van der Waals surface area (Å²) in [6.45, 7) is 6.51. The molecule has 0 bridgehead atoms. The van der Waals surface area contributed by atoms with Crippen molar-refractivity contribution in [2.24, 2.45) is 11.1 Å². The molecule has 4 rings (SSSR count). The van der Waals surface area contributed by atoms with Crippen LogP contribution >= 0.6 is 11.6 Å². The normalized spacial score (nSPS) is 15.0. The number of ether oxygens (including phenoxy) is 1. The molecule has 1 heterocycles. The Hall–Kier alpha value is -5.05. The van der Waals surface area contributed by atoms with Gasteiger partial charge in [0.1, 0.15) is 12.1 Å². The highest BCUT2D eigenvalue weighted by Gasteiger charge is 2.33. The van der Waals surface area contributed by atoms with E-state index in [0.29, 0.717) is 51.1 Å². The zero-order valence-corrected chi connectivity index (χ0v) is 29.3. The Kier molecular flexibility index (Phi) is 12.3. The molecule has 2 aromatic carbocycles. The van der Waals surface area contributed by atoms with E-state index in [-0.39, 0.29) is 41.8 Å². The van der Waals surface area contributed by atoms with Crippen molar-refractivity contribution in [3.63, 3.8) is 0 Å². The Morgan fingerprint density at radius 3 is 2.67 bits per heavy atom. The van der Waals surface area contributed by atoms with Gasteiger partial charge in [-0.2, -0.15) is 5.26 Å². The van der Waals surface area contributed by atoms with Crippen LogP contribution in [-0.4, -0.2) is 67.3 Å². The highest BCUT2D eigenvalue weighted by Crippen LogP contribution is 2.40. The number of carbonyl (C=O) groups excluding carboxylic acids is 2. The Morgan fingerprint density at radius 2 is 2.06 bits per heavy atom. The fourth-order valence-electron chi connectivity index (χ4n) is 5.17. The fourth-order valence-corrected chi connectivity index (χ4v) is 5.43. The molecule has 1 aromatic heterocycles. The Bertz CT molecular complexity index is 1810. The van der Waals surface area contributed by atoms with Gasteiger partial charge in [0.25, 0.3) is 0 Å². The Balaban J connectivity index is 2.04. The number of carbonyl (C=O) groups is 2. The van der Waals surface area contributed by atoms with Gasteiger partial charge in [0.2, 0.25) is 0 Å². The third-order valence-corrected chi connectivity index (χ3v) is 8.05. The van der Waals surface area contributed by atoms with Gasteiger partial charge in [-0.25, -0.2) is 4.79 Å². The van der Waals surface area contributed by atoms with Gasteiger partial charge in [0, 0.05) is 63.1 Å². The summed E-state index contributed by atoms with van der Waals surface area (Å²) in [6, 6.07) is 9.84. The van der Waals surface area contributed by atoms with E-state index in [1.165, 1.54) is 11.1 Å². The first-order valence-electron chi connectivity index (χ1n) is 16.0. The summed E-state index contributed by atoms with van der Waals surface area (Å²) in [5, 5.41) is 26.9. The van der Waals surface area contributed by atoms with Gasteiger partial charge in [-0.1, -0.05) is 62.7 Å². The number of halogens is 1. The molecule has 1 aliphatic carbocycles. The van der Waals surface area contributed by atoms with Gasteiger partial charge >= 0.3 is 6.09 Å². The smallest absolute Gasteiger partial charge is 0.415 e. The molecule has 1 amide bonds. The first-order chi connectivity index (χ1) is 23.4. The number of rotatable bonds is 14. The third-order valence-electron chi connectivity index (χ3n) is 7.76. The average Bonchev–Trinajstić information content (AvgIpc) is 3.03. The van der Waals surface area contributed by atoms with Crippen molar-refractivity contribution in [1.82, 2.24) is 15.2 Å². The number of aliphatic hydroxyl groups is 1. The molecule has 1 aliphatic rings. The SMILES string of the molecule is CN(C)/C=C\c1c(C=O)cccc1C(/C(N)=C/NC1C=CC1)N(C(=O)OCCCO)c1cc(Cl)c2ncc(C#N)c(NCC(C)(C)C)c2c1. The minimum absolute atomic E-state index is 0.0606. The van der Waals surface area contributed by atoms with Crippen LogP contribution in [0, 0.1) is 16.7 Å². The topological polar surface area (TPSA) is 157 Å². The summed E-state index contributed by atoms with van der Waals surface area (Å²) in [4.78, 5) is 34.3. The van der Waals surface area contributed by atoms with Crippen molar-refractivity contribution >= 4 is 52.3 Å². The van der Waals surface area contributed by atoms with Crippen molar-refractivity contribution in [2.45, 2.75) is 45.7 Å². The summed E-state index contributed by atoms with van der Waals surface area (Å²) in [6.07, 6.45) is 11.8. The van der Waals surface area contributed by atoms with Gasteiger partial charge in [0.15, 0.2) is 6.29 Å². The van der Waals surface area contributed by atoms with Gasteiger partial charge in [-0.3, -0.25) is 14.7 Å². The number of nitrogens with two attached hydrogens (primary N) is 1. The van der Waals surface area contributed by atoms with Crippen molar-refractivity contribution in [3.05, 3.63) is 94.1 Å². The maximum absolute atomic E-state index is 14.3. The number of hydrogen-bond donors (Lipinski definition) is 4. The highest BCUT2D eigenvalue weighted by molar-refractivity contribution is 6.36. The largest absolute Gasteiger partial charge is 0.449 e. The van der Waals surface area contributed by atoms with Crippen LogP contribution in [0.5, 0.6) is 0 Å². The van der Waals surface area contributed by atoms with E-state index in [1.807, 2.05) is 31.1 Å². The van der Waals surface area contributed by atoms with Crippen LogP contribution in [0.3, 0.4) is 0 Å². The molecule has 12 heteroatoms. The molecule has 2 atom stereocenters. The maximum atomic E-state index is 14.3. The van der Waals surface area contributed by atoms with E-state index < -0.39 is 12.1 Å². The molecule has 0 aliphatic heterocycles. The van der Waals surface area contributed by atoms with Crippen LogP contribution in [-0.2, 0) is 4.74 Å². The molecule has 3 aromatic rings. The number of nitriles is 1. The van der Waals surface area contributed by atoms with E-state index >= 15 is 0 Å². The van der Waals surface area contributed by atoms with Crippen LogP contribution in [0.15, 0.2) is 66.8 Å². The van der Waals surface area contributed by atoms with E-state index in [0.717, 1.165) is 12.7 Å². The molecular weight excluding hydrogens is 642 g/mol. The summed E-state index contributed by atoms with van der Waals surface area (Å²) in [5.74, 6) is 0. The second-order valence-corrected chi connectivity index (χ2v) is 13.6. The zero-order chi connectivity index (χ0) is 35.7. The first-order valence-corrected chi connectivity index (χ1v) is 16.4. The lowest BCUT2D eigenvalue weighted by atomic mass is 9.92. The predicted molar refractivity (Wildman–Crippen MR) is 195 cm³/mol. The number of aromatic nitrogens is 1. The lowest BCUT2D eigenvalue weighted by Crippen LogP contribution is -2.40. The molecule has 0 spiro atoms. The molecule has 2 unspecified atom stereocenters. The number of aldehydes is 1. The van der Waals surface area contributed by atoms with Crippen molar-refractivity contribution in [1.29, 1.82) is 5.26 Å². The highest BCUT2D eigenvalue weighted by atomic mass is 35.5. The second kappa shape index (κ2) is 16.4. The summed E-state index contributed by atoms with van der Waals surface area (Å²) in [7, 11) is 3.72. The van der Waals surface area contributed by atoms with Crippen LogP contribution in [0.1, 0.15) is 66.7 Å². The van der Waals surface area contributed by atoms with Crippen LogP contribution < -0.4 is 21.3 Å². The molecule has 0 saturated carbocycles. The van der Waals surface area contributed by atoms with Gasteiger partial charge in [0.05, 0.1) is 39.8 Å². The minimum Gasteiger partial charge on any atom is -0.449 e. The number of amides is 1. The molecule has 0 fully saturated rings. The lowest BCUT2D eigenvalue weighted by Gasteiger charge is -2.34. The summed E-state index contributed by atoms with van der Waals surface area (Å²) >= 11 is 6.90. The fraction of sp³-hybridized carbons (Fsp3) is 0.351. The van der Waals surface area contributed by atoms with E-state index in [9.17, 15) is 20.0 Å². The number of hydrogen-bond acceptors (Lipinski definition) is 10. The molecular formula is C37H44ClN7O4. The molecule has 11 nitrogen and oxygen atoms in total. The molecule has 0 saturated heterocycles. The third kappa shape index (κ3) is 9.10. The number of fused-ring (bicyclic) bond motifs is 1. The van der Waals surface area contributed by atoms with E-state index in [4.69, 9.17) is 22.1 Å². The van der Waals surface area contributed by atoms with Crippen molar-refractivity contribution < 1.29 is 19.4 Å². The quantitative estimate of drug-likeness (QED) is 0.0857. The summed E-state index contributed by atoms with van der Waals surface area (Å²) < 4.78 is 5.71. The minimum atomic E-state index is -1.01. The van der Waals surface area contributed by atoms with Gasteiger partial charge in [-0.15, -0.1) is 0 Å². The lowest BCUT2D eigenvalue weighted by molar-refractivity contribution is 0.112. The second-order valence-electron chi connectivity index (χ2n) is 13.2. The monoisotopic (exact) mass is 685 g/mol. The zero-order valence-electron chi connectivity index (χ0n) is 28.5. The maximum Gasteiger partial charge on any atom is 0.415 e. The first kappa shape index (κ1) is 36.8. The van der Waals surface area contributed by atoms with Crippen molar-refractivity contribution in [3.8, 4) is 6.07 Å². The van der Waals surface area contributed by atoms with Crippen LogP contribution in [0.2, 0.25) is 5.02 Å². The number of nitrogens with zero attached hydrogens (tertiary/aromatic N) is 4. The van der Waals surface area contributed by atoms with Gasteiger partial charge < -0.3 is 31.1 Å². The number of pyridine rings is 1. The van der Waals surface area contributed by atoms with E-state index in [1.54, 1.807) is 48.8 Å². The molecule has 0 radical (unpaired) electrons. The van der Waals surface area contributed by atoms with E-state index in [2.05, 4.69) is 42.5 Å². The molecule has 258 valence electrons. The Morgan fingerprint density at radius 1 is 1.31 bits per heavy atom. The van der Waals surface area contributed by atoms with Crippen molar-refractivity contribution in [2.75, 3.05) is 44.1 Å². The predicted octanol–water partition coefficient (Wildman–Crippen LogP) is 6.35. The average molecular weight is 686 g/mol. The van der Waals surface area contributed by atoms with Gasteiger partial charge in [-0.05, 0) is 47.4 Å².